The highest BCUT2D eigenvalue weighted by Gasteiger charge is 2.18. The fourth-order valence-corrected chi connectivity index (χ4v) is 2.21. The van der Waals surface area contributed by atoms with Gasteiger partial charge in [0.15, 0.2) is 12.7 Å². The highest BCUT2D eigenvalue weighted by atomic mass is 16.6. The maximum absolute atomic E-state index is 12.0. The van der Waals surface area contributed by atoms with Crippen molar-refractivity contribution in [1.82, 2.24) is 5.32 Å². The van der Waals surface area contributed by atoms with Gasteiger partial charge in [0.25, 0.3) is 11.8 Å². The van der Waals surface area contributed by atoms with Gasteiger partial charge in [-0.2, -0.15) is 0 Å². The number of rotatable bonds is 8. The largest absolute Gasteiger partial charge is 0.497 e. The summed E-state index contributed by atoms with van der Waals surface area (Å²) in [5.74, 6) is -0.246. The molecule has 2 aromatic rings. The van der Waals surface area contributed by atoms with Crippen molar-refractivity contribution in [3.8, 4) is 11.5 Å². The molecule has 28 heavy (non-hydrogen) atoms. The molecule has 0 aliphatic heterocycles. The molecule has 2 amide bonds. The number of benzene rings is 2. The van der Waals surface area contributed by atoms with Gasteiger partial charge in [-0.15, -0.1) is 0 Å². The SMILES string of the molecule is CNC(=O)c1ccc(NC(=O)COC(=O)C(C)Oc2ccc(OC)cc2)cc1. The molecule has 0 aliphatic carbocycles. The summed E-state index contributed by atoms with van der Waals surface area (Å²) in [6, 6.07) is 13.1. The van der Waals surface area contributed by atoms with E-state index in [1.165, 1.54) is 14.0 Å². The lowest BCUT2D eigenvalue weighted by Crippen LogP contribution is -2.29. The van der Waals surface area contributed by atoms with Crippen molar-refractivity contribution < 1.29 is 28.6 Å². The first kappa shape index (κ1) is 20.8. The van der Waals surface area contributed by atoms with E-state index in [1.807, 2.05) is 0 Å². The first-order valence-electron chi connectivity index (χ1n) is 8.52. The molecule has 148 valence electrons. The Hall–Kier alpha value is -3.55. The molecule has 2 aromatic carbocycles. The van der Waals surface area contributed by atoms with Crippen LogP contribution in [0.15, 0.2) is 48.5 Å². The average molecular weight is 386 g/mol. The predicted octanol–water partition coefficient (Wildman–Crippen LogP) is 2.00. The molecule has 0 saturated carbocycles. The van der Waals surface area contributed by atoms with Crippen LogP contribution >= 0.6 is 0 Å². The number of esters is 1. The second kappa shape index (κ2) is 9.96. The van der Waals surface area contributed by atoms with E-state index in [0.29, 0.717) is 22.7 Å². The van der Waals surface area contributed by atoms with Crippen molar-refractivity contribution in [1.29, 1.82) is 0 Å². The van der Waals surface area contributed by atoms with E-state index in [-0.39, 0.29) is 5.91 Å². The zero-order valence-electron chi connectivity index (χ0n) is 15.9. The quantitative estimate of drug-likeness (QED) is 0.673. The maximum Gasteiger partial charge on any atom is 0.347 e. The van der Waals surface area contributed by atoms with Crippen LogP contribution in [0, 0.1) is 0 Å². The Labute approximate surface area is 162 Å². The predicted molar refractivity (Wildman–Crippen MR) is 103 cm³/mol. The molecular weight excluding hydrogens is 364 g/mol. The Bertz CT molecular complexity index is 818. The molecule has 8 heteroatoms. The molecule has 1 atom stereocenters. The van der Waals surface area contributed by atoms with Gasteiger partial charge >= 0.3 is 5.97 Å². The van der Waals surface area contributed by atoms with E-state index in [9.17, 15) is 14.4 Å². The van der Waals surface area contributed by atoms with Crippen LogP contribution in [0.5, 0.6) is 11.5 Å². The molecule has 0 heterocycles. The third kappa shape index (κ3) is 6.01. The first-order chi connectivity index (χ1) is 13.4. The van der Waals surface area contributed by atoms with Crippen molar-refractivity contribution in [3.05, 3.63) is 54.1 Å². The van der Waals surface area contributed by atoms with Crippen LogP contribution in [0.3, 0.4) is 0 Å². The Kier molecular flexibility index (Phi) is 7.38. The number of hydrogen-bond donors (Lipinski definition) is 2. The van der Waals surface area contributed by atoms with Crippen LogP contribution in [-0.4, -0.2) is 44.7 Å². The zero-order valence-corrected chi connectivity index (χ0v) is 15.9. The molecule has 2 rings (SSSR count). The summed E-state index contributed by atoms with van der Waals surface area (Å²) < 4.78 is 15.5. The van der Waals surface area contributed by atoms with E-state index in [2.05, 4.69) is 10.6 Å². The van der Waals surface area contributed by atoms with Gasteiger partial charge in [0, 0.05) is 18.3 Å². The third-order valence-electron chi connectivity index (χ3n) is 3.71. The summed E-state index contributed by atoms with van der Waals surface area (Å²) in [6.07, 6.45) is -0.881. The van der Waals surface area contributed by atoms with Crippen LogP contribution in [-0.2, 0) is 14.3 Å². The minimum Gasteiger partial charge on any atom is -0.497 e. The number of hydrogen-bond acceptors (Lipinski definition) is 6. The van der Waals surface area contributed by atoms with Crippen molar-refractivity contribution in [3.63, 3.8) is 0 Å². The summed E-state index contributed by atoms with van der Waals surface area (Å²) in [5.41, 5.74) is 0.952. The standard InChI is InChI=1S/C20H22N2O6/c1-13(28-17-10-8-16(26-3)9-11-17)20(25)27-12-18(23)22-15-6-4-14(5-7-15)19(24)21-2/h4-11,13H,12H2,1-3H3,(H,21,24)(H,22,23). The molecule has 0 fully saturated rings. The summed E-state index contributed by atoms with van der Waals surface area (Å²) in [7, 11) is 3.09. The van der Waals surface area contributed by atoms with Gasteiger partial charge in [-0.05, 0) is 55.5 Å². The Morgan fingerprint density at radius 2 is 1.57 bits per heavy atom. The Balaban J connectivity index is 1.79. The minimum atomic E-state index is -0.881. The molecule has 0 aliphatic rings. The third-order valence-corrected chi connectivity index (χ3v) is 3.71. The lowest BCUT2D eigenvalue weighted by molar-refractivity contribution is -0.153. The van der Waals surface area contributed by atoms with E-state index in [0.717, 1.165) is 0 Å². The number of amides is 2. The monoisotopic (exact) mass is 386 g/mol. The number of methoxy groups -OCH3 is 1. The molecule has 8 nitrogen and oxygen atoms in total. The van der Waals surface area contributed by atoms with Crippen LogP contribution in [0.4, 0.5) is 5.69 Å². The van der Waals surface area contributed by atoms with E-state index in [4.69, 9.17) is 14.2 Å². The van der Waals surface area contributed by atoms with Crippen molar-refractivity contribution in [2.45, 2.75) is 13.0 Å². The average Bonchev–Trinajstić information content (AvgIpc) is 2.72. The molecule has 0 radical (unpaired) electrons. The molecule has 0 spiro atoms. The number of ether oxygens (including phenoxy) is 3. The van der Waals surface area contributed by atoms with Crippen molar-refractivity contribution in [2.75, 3.05) is 26.1 Å². The summed E-state index contributed by atoms with van der Waals surface area (Å²) in [4.78, 5) is 35.4. The lowest BCUT2D eigenvalue weighted by atomic mass is 10.2. The van der Waals surface area contributed by atoms with Gasteiger partial charge in [0.05, 0.1) is 7.11 Å². The minimum absolute atomic E-state index is 0.224. The van der Waals surface area contributed by atoms with Crippen LogP contribution < -0.4 is 20.1 Å². The maximum atomic E-state index is 12.0. The van der Waals surface area contributed by atoms with Gasteiger partial charge in [0.1, 0.15) is 11.5 Å². The molecule has 0 aromatic heterocycles. The van der Waals surface area contributed by atoms with E-state index in [1.54, 1.807) is 55.6 Å². The Morgan fingerprint density at radius 3 is 2.14 bits per heavy atom. The van der Waals surface area contributed by atoms with E-state index >= 15 is 0 Å². The van der Waals surface area contributed by atoms with Crippen LogP contribution in [0.2, 0.25) is 0 Å². The smallest absolute Gasteiger partial charge is 0.347 e. The summed E-state index contributed by atoms with van der Waals surface area (Å²) in [5, 5.41) is 5.09. The van der Waals surface area contributed by atoms with E-state index < -0.39 is 24.6 Å². The lowest BCUT2D eigenvalue weighted by Gasteiger charge is -2.14. The number of carbonyl (C=O) groups excluding carboxylic acids is 3. The molecule has 1 unspecified atom stereocenters. The van der Waals surface area contributed by atoms with Gasteiger partial charge in [-0.3, -0.25) is 9.59 Å². The topological polar surface area (TPSA) is 103 Å². The Morgan fingerprint density at radius 1 is 0.964 bits per heavy atom. The van der Waals surface area contributed by atoms with Crippen molar-refractivity contribution in [2.24, 2.45) is 0 Å². The highest BCUT2D eigenvalue weighted by molar-refractivity contribution is 5.96. The molecule has 0 saturated heterocycles. The summed E-state index contributed by atoms with van der Waals surface area (Å²) >= 11 is 0. The second-order valence-corrected chi connectivity index (χ2v) is 5.75. The number of nitrogens with one attached hydrogen (secondary N) is 2. The van der Waals surface area contributed by atoms with Gasteiger partial charge in [0.2, 0.25) is 0 Å². The molecular formula is C20H22N2O6. The highest BCUT2D eigenvalue weighted by Crippen LogP contribution is 2.18. The summed E-state index contributed by atoms with van der Waals surface area (Å²) in [6.45, 7) is 1.08. The van der Waals surface area contributed by atoms with Crippen LogP contribution in [0.1, 0.15) is 17.3 Å². The normalized spacial score (nSPS) is 11.1. The van der Waals surface area contributed by atoms with Gasteiger partial charge in [-0.25, -0.2) is 4.79 Å². The molecule has 0 bridgehead atoms. The first-order valence-corrected chi connectivity index (χ1v) is 8.52. The second-order valence-electron chi connectivity index (χ2n) is 5.75. The van der Waals surface area contributed by atoms with Crippen LogP contribution in [0.25, 0.3) is 0 Å². The fraction of sp³-hybridized carbons (Fsp3) is 0.250. The number of anilines is 1. The van der Waals surface area contributed by atoms with Crippen molar-refractivity contribution >= 4 is 23.5 Å². The van der Waals surface area contributed by atoms with Gasteiger partial charge in [-0.1, -0.05) is 0 Å². The zero-order chi connectivity index (χ0) is 20.5. The van der Waals surface area contributed by atoms with Gasteiger partial charge < -0.3 is 24.8 Å². The molecule has 2 N–H and O–H groups in total. The number of carbonyl (C=O) groups is 3. The fourth-order valence-electron chi connectivity index (χ4n) is 2.21.